The normalized spacial score (nSPS) is 18.1. The van der Waals surface area contributed by atoms with E-state index in [1.165, 1.54) is 0 Å². The molecule has 0 radical (unpaired) electrons. The van der Waals surface area contributed by atoms with Crippen LogP contribution in [0.4, 0.5) is 0 Å². The van der Waals surface area contributed by atoms with Crippen molar-refractivity contribution in [1.29, 1.82) is 0 Å². The van der Waals surface area contributed by atoms with Crippen LogP contribution >= 0.6 is 0 Å². The molecule has 1 aliphatic heterocycles. The van der Waals surface area contributed by atoms with Gasteiger partial charge in [0.2, 0.25) is 0 Å². The number of carbonyl (C=O) groups excluding carboxylic acids is 1. The summed E-state index contributed by atoms with van der Waals surface area (Å²) in [6.07, 6.45) is 6.26. The first-order chi connectivity index (χ1) is 9.83. The van der Waals surface area contributed by atoms with E-state index in [1.807, 2.05) is 53.4 Å². The zero-order valence-corrected chi connectivity index (χ0v) is 11.3. The summed E-state index contributed by atoms with van der Waals surface area (Å²) >= 11 is 0. The van der Waals surface area contributed by atoms with Crippen molar-refractivity contribution in [2.24, 2.45) is 0 Å². The predicted octanol–water partition coefficient (Wildman–Crippen LogP) is 2.39. The van der Waals surface area contributed by atoms with E-state index in [-0.39, 0.29) is 12.0 Å². The summed E-state index contributed by atoms with van der Waals surface area (Å²) in [5.41, 5.74) is 1.73. The summed E-state index contributed by atoms with van der Waals surface area (Å²) in [5, 5.41) is 2.92. The summed E-state index contributed by atoms with van der Waals surface area (Å²) in [7, 11) is 0. The van der Waals surface area contributed by atoms with Gasteiger partial charge in [-0.1, -0.05) is 0 Å². The van der Waals surface area contributed by atoms with Crippen LogP contribution in [-0.2, 0) is 4.74 Å². The van der Waals surface area contributed by atoms with Crippen LogP contribution < -0.4 is 5.32 Å². The van der Waals surface area contributed by atoms with Gasteiger partial charge in [-0.15, -0.1) is 0 Å². The Hall–Kier alpha value is -2.07. The van der Waals surface area contributed by atoms with Gasteiger partial charge in [-0.25, -0.2) is 0 Å². The number of ether oxygens (including phenoxy) is 1. The van der Waals surface area contributed by atoms with E-state index < -0.39 is 0 Å². The molecule has 1 aliphatic rings. The van der Waals surface area contributed by atoms with E-state index in [0.29, 0.717) is 12.1 Å². The topological polar surface area (TPSA) is 43.3 Å². The second-order valence-corrected chi connectivity index (χ2v) is 4.98. The van der Waals surface area contributed by atoms with Crippen molar-refractivity contribution in [1.82, 2.24) is 9.88 Å². The molecule has 0 spiro atoms. The molecule has 1 N–H and O–H groups in total. The van der Waals surface area contributed by atoms with Crippen molar-refractivity contribution in [3.05, 3.63) is 54.4 Å². The zero-order valence-electron chi connectivity index (χ0n) is 11.3. The van der Waals surface area contributed by atoms with Crippen LogP contribution in [0.2, 0.25) is 0 Å². The van der Waals surface area contributed by atoms with Gasteiger partial charge in [0.05, 0.1) is 6.10 Å². The largest absolute Gasteiger partial charge is 0.376 e. The Morgan fingerprint density at radius 2 is 2.00 bits per heavy atom. The molecule has 0 bridgehead atoms. The third-order valence-corrected chi connectivity index (χ3v) is 3.55. The van der Waals surface area contributed by atoms with E-state index in [0.717, 1.165) is 25.1 Å². The maximum Gasteiger partial charge on any atom is 0.251 e. The highest BCUT2D eigenvalue weighted by Crippen LogP contribution is 2.12. The fraction of sp³-hybridized carbons (Fsp3) is 0.312. The minimum atomic E-state index is -0.0421. The van der Waals surface area contributed by atoms with Gasteiger partial charge in [0.15, 0.2) is 0 Å². The highest BCUT2D eigenvalue weighted by molar-refractivity contribution is 5.94. The minimum absolute atomic E-state index is 0.0421. The molecule has 1 aromatic carbocycles. The Bertz CT molecular complexity index is 555. The molecule has 0 unspecified atom stereocenters. The first kappa shape index (κ1) is 12.9. The maximum absolute atomic E-state index is 12.0. The highest BCUT2D eigenvalue weighted by Gasteiger charge is 2.16. The predicted molar refractivity (Wildman–Crippen MR) is 77.1 cm³/mol. The first-order valence-electron chi connectivity index (χ1n) is 6.96. The fourth-order valence-corrected chi connectivity index (χ4v) is 2.41. The van der Waals surface area contributed by atoms with Crippen LogP contribution in [-0.4, -0.2) is 29.7 Å². The van der Waals surface area contributed by atoms with Crippen LogP contribution in [0.3, 0.4) is 0 Å². The molecular weight excluding hydrogens is 252 g/mol. The van der Waals surface area contributed by atoms with Gasteiger partial charge in [0.1, 0.15) is 0 Å². The molecule has 20 heavy (non-hydrogen) atoms. The minimum Gasteiger partial charge on any atom is -0.376 e. The molecule has 1 saturated heterocycles. The smallest absolute Gasteiger partial charge is 0.251 e. The molecule has 1 amide bonds. The Labute approximate surface area is 118 Å². The number of nitrogens with zero attached hydrogens (tertiary/aromatic N) is 1. The van der Waals surface area contributed by atoms with Crippen LogP contribution in [0.1, 0.15) is 23.2 Å². The second kappa shape index (κ2) is 5.92. The van der Waals surface area contributed by atoms with Gasteiger partial charge in [0.25, 0.3) is 5.91 Å². The molecule has 4 nitrogen and oxygen atoms in total. The first-order valence-corrected chi connectivity index (χ1v) is 6.96. The lowest BCUT2D eigenvalue weighted by Gasteiger charge is -2.11. The summed E-state index contributed by atoms with van der Waals surface area (Å²) in [4.78, 5) is 12.0. The Morgan fingerprint density at radius 3 is 2.65 bits per heavy atom. The number of hydrogen-bond donors (Lipinski definition) is 1. The Kier molecular flexibility index (Phi) is 3.83. The van der Waals surface area contributed by atoms with Gasteiger partial charge in [0, 0.05) is 36.8 Å². The summed E-state index contributed by atoms with van der Waals surface area (Å²) in [6.45, 7) is 1.41. The van der Waals surface area contributed by atoms with Crippen molar-refractivity contribution < 1.29 is 9.53 Å². The standard InChI is InChI=1S/C16H18N2O2/c19-16(17-12-15-4-3-11-20-15)13-5-7-14(8-6-13)18-9-1-2-10-18/h1-2,5-10,15H,3-4,11-12H2,(H,17,19)/t15-/m1/s1. The molecular formula is C16H18N2O2. The Morgan fingerprint density at radius 1 is 1.25 bits per heavy atom. The monoisotopic (exact) mass is 270 g/mol. The molecule has 2 aromatic rings. The van der Waals surface area contributed by atoms with Gasteiger partial charge >= 0.3 is 0 Å². The van der Waals surface area contributed by atoms with E-state index >= 15 is 0 Å². The number of benzene rings is 1. The van der Waals surface area contributed by atoms with Crippen molar-refractivity contribution in [2.75, 3.05) is 13.2 Å². The molecule has 3 rings (SSSR count). The molecule has 2 heterocycles. The van der Waals surface area contributed by atoms with Crippen molar-refractivity contribution >= 4 is 5.91 Å². The number of hydrogen-bond acceptors (Lipinski definition) is 2. The van der Waals surface area contributed by atoms with Crippen LogP contribution in [0.5, 0.6) is 0 Å². The highest BCUT2D eigenvalue weighted by atomic mass is 16.5. The van der Waals surface area contributed by atoms with E-state index in [2.05, 4.69) is 5.32 Å². The second-order valence-electron chi connectivity index (χ2n) is 4.98. The SMILES string of the molecule is O=C(NC[C@H]1CCCO1)c1ccc(-n2cccc2)cc1. The average Bonchev–Trinajstić information content (AvgIpc) is 3.18. The molecule has 1 aromatic heterocycles. The molecule has 1 fully saturated rings. The Balaban J connectivity index is 1.60. The van der Waals surface area contributed by atoms with E-state index in [9.17, 15) is 4.79 Å². The van der Waals surface area contributed by atoms with Gasteiger partial charge < -0.3 is 14.6 Å². The van der Waals surface area contributed by atoms with Crippen LogP contribution in [0.15, 0.2) is 48.8 Å². The van der Waals surface area contributed by atoms with Gasteiger partial charge in [-0.2, -0.15) is 0 Å². The molecule has 0 aliphatic carbocycles. The summed E-state index contributed by atoms with van der Waals surface area (Å²) in [6, 6.07) is 11.5. The van der Waals surface area contributed by atoms with E-state index in [4.69, 9.17) is 4.74 Å². The third-order valence-electron chi connectivity index (χ3n) is 3.55. The number of nitrogens with one attached hydrogen (secondary N) is 1. The average molecular weight is 270 g/mol. The number of rotatable bonds is 4. The summed E-state index contributed by atoms with van der Waals surface area (Å²) < 4.78 is 7.50. The van der Waals surface area contributed by atoms with Crippen molar-refractivity contribution in [2.45, 2.75) is 18.9 Å². The maximum atomic E-state index is 12.0. The third kappa shape index (κ3) is 2.91. The van der Waals surface area contributed by atoms with Crippen molar-refractivity contribution in [3.8, 4) is 5.69 Å². The fourth-order valence-electron chi connectivity index (χ4n) is 2.41. The zero-order chi connectivity index (χ0) is 13.8. The van der Waals surface area contributed by atoms with Crippen LogP contribution in [0.25, 0.3) is 5.69 Å². The van der Waals surface area contributed by atoms with E-state index in [1.54, 1.807) is 0 Å². The number of aromatic nitrogens is 1. The number of carbonyl (C=O) groups is 1. The van der Waals surface area contributed by atoms with Gasteiger partial charge in [-0.3, -0.25) is 4.79 Å². The number of amides is 1. The van der Waals surface area contributed by atoms with Crippen molar-refractivity contribution in [3.63, 3.8) is 0 Å². The van der Waals surface area contributed by atoms with Crippen LogP contribution in [0, 0.1) is 0 Å². The molecule has 1 atom stereocenters. The summed E-state index contributed by atoms with van der Waals surface area (Å²) in [5.74, 6) is -0.0421. The van der Waals surface area contributed by atoms with Gasteiger partial charge in [-0.05, 0) is 49.2 Å². The molecule has 0 saturated carbocycles. The molecule has 104 valence electrons. The lowest BCUT2D eigenvalue weighted by molar-refractivity contribution is 0.0858. The lowest BCUT2D eigenvalue weighted by atomic mass is 10.2. The quantitative estimate of drug-likeness (QED) is 0.927. The molecule has 4 heteroatoms. The lowest BCUT2D eigenvalue weighted by Crippen LogP contribution is -2.31.